The molecule has 2 aromatic rings. The molecule has 0 spiro atoms. The number of anilines is 2. The number of guanidine groups is 1. The van der Waals surface area contributed by atoms with Crippen molar-refractivity contribution in [2.45, 2.75) is 32.7 Å². The molecule has 1 aromatic carbocycles. The van der Waals surface area contributed by atoms with Gasteiger partial charge in [-0.1, -0.05) is 18.6 Å². The molecule has 2 amide bonds. The lowest BCUT2D eigenvalue weighted by Crippen LogP contribution is -2.55. The van der Waals surface area contributed by atoms with E-state index in [1.807, 2.05) is 49.3 Å². The zero-order valence-corrected chi connectivity index (χ0v) is 21.5. The average Bonchev–Trinajstić information content (AvgIpc) is 3.16. The molecule has 1 aromatic heterocycles. The van der Waals surface area contributed by atoms with E-state index in [1.54, 1.807) is 15.8 Å². The quantitative estimate of drug-likeness (QED) is 0.319. The second-order valence-corrected chi connectivity index (χ2v) is 8.33. The number of carbonyl (C=O) groups excluding carboxylic acids is 2. The monoisotopic (exact) mass is 565 g/mol. The Labute approximate surface area is 211 Å². The first-order chi connectivity index (χ1) is 15.5. The van der Waals surface area contributed by atoms with Crippen LogP contribution in [0.5, 0.6) is 0 Å². The normalized spacial score (nSPS) is 16.8. The number of nitrogens with one attached hydrogen (secondary N) is 2. The Morgan fingerprint density at radius 2 is 2.09 bits per heavy atom. The van der Waals surface area contributed by atoms with Crippen molar-refractivity contribution < 1.29 is 9.59 Å². The lowest BCUT2D eigenvalue weighted by Gasteiger charge is -2.35. The maximum absolute atomic E-state index is 12.8. The van der Waals surface area contributed by atoms with E-state index in [0.717, 1.165) is 42.2 Å². The summed E-state index contributed by atoms with van der Waals surface area (Å²) in [5.74, 6) is 1.00. The van der Waals surface area contributed by atoms with Crippen LogP contribution in [0, 0.1) is 5.92 Å². The number of piperazine rings is 1. The van der Waals surface area contributed by atoms with E-state index < -0.39 is 0 Å². The van der Waals surface area contributed by atoms with Crippen LogP contribution in [-0.4, -0.2) is 58.6 Å². The summed E-state index contributed by atoms with van der Waals surface area (Å²) in [6, 6.07) is 7.81. The molecular formula is C23H32IN7O2. The summed E-state index contributed by atoms with van der Waals surface area (Å²) in [4.78, 5) is 33.5. The van der Waals surface area contributed by atoms with Gasteiger partial charge in [0, 0.05) is 44.5 Å². The fourth-order valence-electron chi connectivity index (χ4n) is 3.93. The highest BCUT2D eigenvalue weighted by Gasteiger charge is 2.28. The molecule has 178 valence electrons. The fraction of sp³-hybridized carbons (Fsp3) is 0.478. The minimum atomic E-state index is 0. The predicted octanol–water partition coefficient (Wildman–Crippen LogP) is 2.59. The van der Waals surface area contributed by atoms with E-state index in [0.29, 0.717) is 26.2 Å². The van der Waals surface area contributed by atoms with Gasteiger partial charge in [-0.15, -0.1) is 24.0 Å². The second kappa shape index (κ2) is 11.5. The Morgan fingerprint density at radius 1 is 1.27 bits per heavy atom. The smallest absolute Gasteiger partial charge is 0.246 e. The van der Waals surface area contributed by atoms with E-state index >= 15 is 0 Å². The number of aryl methyl sites for hydroxylation is 1. The highest BCUT2D eigenvalue weighted by molar-refractivity contribution is 14.0. The van der Waals surface area contributed by atoms with Crippen molar-refractivity contribution >= 4 is 53.1 Å². The summed E-state index contributed by atoms with van der Waals surface area (Å²) in [5, 5.41) is 10.5. The van der Waals surface area contributed by atoms with Crippen molar-refractivity contribution in [1.82, 2.24) is 20.0 Å². The standard InChI is InChI=1S/C23H31N7O2.HI/c1-3-24-23(29-10-11-30(21(31)16-29)20-14-26-28(2)15-20)25-13-17-6-4-9-19(12-17)27-22(32)18-7-5-8-18;/h4,6,9,12,14-15,18H,3,5,7-8,10-11,13,16H2,1-2H3,(H,24,25)(H,27,32);1H. The minimum absolute atomic E-state index is 0. The van der Waals surface area contributed by atoms with Gasteiger partial charge in [0.2, 0.25) is 11.8 Å². The van der Waals surface area contributed by atoms with Gasteiger partial charge in [0.15, 0.2) is 5.96 Å². The Hall–Kier alpha value is -2.63. The summed E-state index contributed by atoms with van der Waals surface area (Å²) in [5.41, 5.74) is 2.63. The number of hydrogen-bond donors (Lipinski definition) is 2. The summed E-state index contributed by atoms with van der Waals surface area (Å²) in [6.45, 7) is 4.72. The molecule has 0 unspecified atom stereocenters. The van der Waals surface area contributed by atoms with Crippen LogP contribution in [-0.2, 0) is 23.2 Å². The number of halogens is 1. The lowest BCUT2D eigenvalue weighted by atomic mass is 9.85. The van der Waals surface area contributed by atoms with E-state index in [1.165, 1.54) is 0 Å². The number of amides is 2. The fourth-order valence-corrected chi connectivity index (χ4v) is 3.93. The van der Waals surface area contributed by atoms with E-state index in [-0.39, 0.29) is 48.3 Å². The first kappa shape index (κ1) is 25.0. The van der Waals surface area contributed by atoms with Crippen LogP contribution in [0.4, 0.5) is 11.4 Å². The van der Waals surface area contributed by atoms with E-state index in [4.69, 9.17) is 4.99 Å². The third-order valence-corrected chi connectivity index (χ3v) is 5.94. The third-order valence-electron chi connectivity index (χ3n) is 5.94. The topological polar surface area (TPSA) is 94.9 Å². The van der Waals surface area contributed by atoms with Crippen molar-refractivity contribution in [3.8, 4) is 0 Å². The van der Waals surface area contributed by atoms with Gasteiger partial charge in [0.05, 0.1) is 18.4 Å². The molecule has 0 radical (unpaired) electrons. The third kappa shape index (κ3) is 6.24. The largest absolute Gasteiger partial charge is 0.356 e. The first-order valence-electron chi connectivity index (χ1n) is 11.3. The maximum Gasteiger partial charge on any atom is 0.246 e. The van der Waals surface area contributed by atoms with E-state index in [9.17, 15) is 9.59 Å². The van der Waals surface area contributed by atoms with Crippen molar-refractivity contribution in [3.05, 3.63) is 42.2 Å². The molecule has 0 atom stereocenters. The van der Waals surface area contributed by atoms with Gasteiger partial charge in [0.1, 0.15) is 6.54 Å². The predicted molar refractivity (Wildman–Crippen MR) is 140 cm³/mol. The van der Waals surface area contributed by atoms with Crippen LogP contribution in [0.25, 0.3) is 0 Å². The van der Waals surface area contributed by atoms with Crippen LogP contribution in [0.1, 0.15) is 31.7 Å². The molecule has 33 heavy (non-hydrogen) atoms. The minimum Gasteiger partial charge on any atom is -0.356 e. The highest BCUT2D eigenvalue weighted by atomic mass is 127. The second-order valence-electron chi connectivity index (χ2n) is 8.33. The molecule has 2 heterocycles. The van der Waals surface area contributed by atoms with Gasteiger partial charge < -0.3 is 20.4 Å². The van der Waals surface area contributed by atoms with Gasteiger partial charge >= 0.3 is 0 Å². The summed E-state index contributed by atoms with van der Waals surface area (Å²) >= 11 is 0. The van der Waals surface area contributed by atoms with Crippen LogP contribution >= 0.6 is 24.0 Å². The number of aliphatic imine (C=N–C) groups is 1. The molecule has 1 aliphatic carbocycles. The van der Waals surface area contributed by atoms with Gasteiger partial charge in [-0.25, -0.2) is 4.99 Å². The molecule has 2 fully saturated rings. The van der Waals surface area contributed by atoms with E-state index in [2.05, 4.69) is 15.7 Å². The zero-order chi connectivity index (χ0) is 22.5. The number of benzene rings is 1. The average molecular weight is 565 g/mol. The molecule has 9 nitrogen and oxygen atoms in total. The summed E-state index contributed by atoms with van der Waals surface area (Å²) in [6.07, 6.45) is 6.66. The van der Waals surface area contributed by atoms with Crippen molar-refractivity contribution in [2.75, 3.05) is 36.4 Å². The van der Waals surface area contributed by atoms with Crippen molar-refractivity contribution in [2.24, 2.45) is 18.0 Å². The molecule has 2 aliphatic rings. The van der Waals surface area contributed by atoms with Crippen LogP contribution < -0.4 is 15.5 Å². The van der Waals surface area contributed by atoms with Gasteiger partial charge in [0.25, 0.3) is 0 Å². The molecule has 1 saturated carbocycles. The van der Waals surface area contributed by atoms with Gasteiger partial charge in [-0.2, -0.15) is 5.10 Å². The van der Waals surface area contributed by atoms with Gasteiger partial charge in [-0.3, -0.25) is 14.3 Å². The molecule has 1 aliphatic heterocycles. The molecule has 10 heteroatoms. The maximum atomic E-state index is 12.8. The number of aromatic nitrogens is 2. The van der Waals surface area contributed by atoms with Gasteiger partial charge in [-0.05, 0) is 37.5 Å². The Balaban J connectivity index is 0.00000306. The highest BCUT2D eigenvalue weighted by Crippen LogP contribution is 2.27. The van der Waals surface area contributed by atoms with Crippen LogP contribution in [0.2, 0.25) is 0 Å². The molecular weight excluding hydrogens is 533 g/mol. The van der Waals surface area contributed by atoms with Crippen LogP contribution in [0.3, 0.4) is 0 Å². The van der Waals surface area contributed by atoms with Crippen molar-refractivity contribution in [1.29, 1.82) is 0 Å². The first-order valence-corrected chi connectivity index (χ1v) is 11.3. The Morgan fingerprint density at radius 3 is 2.73 bits per heavy atom. The van der Waals surface area contributed by atoms with Crippen molar-refractivity contribution in [3.63, 3.8) is 0 Å². The Kier molecular flexibility index (Phi) is 8.70. The van der Waals surface area contributed by atoms with Crippen LogP contribution in [0.15, 0.2) is 41.7 Å². The number of rotatable bonds is 6. The SMILES string of the molecule is CCNC(=NCc1cccc(NC(=O)C2CCC2)c1)N1CCN(c2cnn(C)c2)C(=O)C1.I. The summed E-state index contributed by atoms with van der Waals surface area (Å²) < 4.78 is 1.70. The molecule has 2 N–H and O–H groups in total. The number of hydrogen-bond acceptors (Lipinski definition) is 4. The Bertz CT molecular complexity index is 1000. The number of nitrogens with zero attached hydrogens (tertiary/aromatic N) is 5. The molecule has 1 saturated heterocycles. The number of carbonyl (C=O) groups is 2. The molecule has 4 rings (SSSR count). The molecule has 0 bridgehead atoms. The lowest BCUT2D eigenvalue weighted by molar-refractivity contribution is -0.122. The zero-order valence-electron chi connectivity index (χ0n) is 19.2. The summed E-state index contributed by atoms with van der Waals surface area (Å²) in [7, 11) is 1.84.